The molecule has 0 amide bonds. The molecule has 2 heteroatoms. The molecule has 2 N–H and O–H groups in total. The third kappa shape index (κ3) is 3.54. The zero-order valence-electron chi connectivity index (χ0n) is 13.3. The van der Waals surface area contributed by atoms with E-state index in [1.807, 2.05) is 18.2 Å². The van der Waals surface area contributed by atoms with Crippen LogP contribution in [0.4, 0.5) is 0 Å². The molecule has 0 aromatic heterocycles. The average molecular weight is 275 g/mol. The topological polar surface area (TPSA) is 32.3 Å². The maximum Gasteiger partial charge on any atom is 0.120 e. The highest BCUT2D eigenvalue weighted by atomic mass is 16.3. The van der Waals surface area contributed by atoms with E-state index in [0.29, 0.717) is 23.1 Å². The van der Waals surface area contributed by atoms with Crippen LogP contribution in [0.1, 0.15) is 65.0 Å². The first-order chi connectivity index (χ1) is 9.39. The number of benzene rings is 1. The Hall–Kier alpha value is -1.02. The predicted octanol–water partition coefficient (Wildman–Crippen LogP) is 4.65. The smallest absolute Gasteiger partial charge is 0.120 e. The van der Waals surface area contributed by atoms with Gasteiger partial charge in [0, 0.05) is 17.6 Å². The van der Waals surface area contributed by atoms with Gasteiger partial charge in [-0.05, 0) is 37.2 Å². The molecule has 1 aromatic carbocycles. The lowest BCUT2D eigenvalue weighted by molar-refractivity contribution is 0.124. The standard InChI is InChI=1S/C18H29NO/c1-13(14-9-5-8-12-17(14)20)19-16-11-7-6-10-15(16)18(2,3)4/h5,8-9,12-13,15-16,19-20H,6-7,10-11H2,1-4H3. The van der Waals surface area contributed by atoms with Gasteiger partial charge in [-0.15, -0.1) is 0 Å². The van der Waals surface area contributed by atoms with Crippen LogP contribution in [0.3, 0.4) is 0 Å². The van der Waals surface area contributed by atoms with Gasteiger partial charge in [0.05, 0.1) is 0 Å². The largest absolute Gasteiger partial charge is 0.508 e. The maximum absolute atomic E-state index is 10.00. The molecule has 2 nitrogen and oxygen atoms in total. The van der Waals surface area contributed by atoms with E-state index < -0.39 is 0 Å². The van der Waals surface area contributed by atoms with Crippen molar-refractivity contribution >= 4 is 0 Å². The van der Waals surface area contributed by atoms with Crippen molar-refractivity contribution in [2.24, 2.45) is 11.3 Å². The van der Waals surface area contributed by atoms with Gasteiger partial charge < -0.3 is 10.4 Å². The second kappa shape index (κ2) is 6.17. The molecule has 0 aliphatic heterocycles. The Morgan fingerprint density at radius 1 is 1.15 bits per heavy atom. The van der Waals surface area contributed by atoms with Gasteiger partial charge in [0.1, 0.15) is 5.75 Å². The Bertz CT molecular complexity index is 435. The second-order valence-corrected chi connectivity index (χ2v) is 7.31. The summed E-state index contributed by atoms with van der Waals surface area (Å²) in [6, 6.07) is 8.42. The molecule has 1 aromatic rings. The van der Waals surface area contributed by atoms with Crippen LogP contribution in [0.15, 0.2) is 24.3 Å². The summed E-state index contributed by atoms with van der Waals surface area (Å²) in [4.78, 5) is 0. The fourth-order valence-corrected chi connectivity index (χ4v) is 3.63. The first-order valence-electron chi connectivity index (χ1n) is 7.93. The lowest BCUT2D eigenvalue weighted by Crippen LogP contribution is -2.45. The maximum atomic E-state index is 10.00. The van der Waals surface area contributed by atoms with Gasteiger partial charge in [0.25, 0.3) is 0 Å². The summed E-state index contributed by atoms with van der Waals surface area (Å²) in [5, 5.41) is 13.8. The summed E-state index contributed by atoms with van der Waals surface area (Å²) in [5.41, 5.74) is 1.35. The average Bonchev–Trinajstić information content (AvgIpc) is 2.38. The van der Waals surface area contributed by atoms with Gasteiger partial charge in [-0.1, -0.05) is 51.8 Å². The lowest BCUT2D eigenvalue weighted by atomic mass is 9.69. The van der Waals surface area contributed by atoms with Crippen molar-refractivity contribution in [3.05, 3.63) is 29.8 Å². The third-order valence-electron chi connectivity index (χ3n) is 4.75. The number of rotatable bonds is 3. The van der Waals surface area contributed by atoms with Crippen molar-refractivity contribution in [2.45, 2.75) is 65.5 Å². The van der Waals surface area contributed by atoms with E-state index in [1.165, 1.54) is 25.7 Å². The molecule has 1 saturated carbocycles. The SMILES string of the molecule is CC(NC1CCCCC1C(C)(C)C)c1ccccc1O. The molecular formula is C18H29NO. The molecule has 0 radical (unpaired) electrons. The summed E-state index contributed by atoms with van der Waals surface area (Å²) in [6.45, 7) is 9.20. The zero-order valence-corrected chi connectivity index (χ0v) is 13.3. The van der Waals surface area contributed by atoms with E-state index in [0.717, 1.165) is 5.56 Å². The number of phenolic OH excluding ortho intramolecular Hbond substituents is 1. The molecule has 0 spiro atoms. The predicted molar refractivity (Wildman–Crippen MR) is 84.9 cm³/mol. The Morgan fingerprint density at radius 3 is 2.45 bits per heavy atom. The van der Waals surface area contributed by atoms with Gasteiger partial charge >= 0.3 is 0 Å². The number of hydrogen-bond acceptors (Lipinski definition) is 2. The van der Waals surface area contributed by atoms with Crippen LogP contribution >= 0.6 is 0 Å². The fourth-order valence-electron chi connectivity index (χ4n) is 3.63. The van der Waals surface area contributed by atoms with Gasteiger partial charge in [-0.3, -0.25) is 0 Å². The quantitative estimate of drug-likeness (QED) is 0.841. The number of nitrogens with one attached hydrogen (secondary N) is 1. The molecule has 1 aliphatic carbocycles. The highest BCUT2D eigenvalue weighted by Gasteiger charge is 2.34. The van der Waals surface area contributed by atoms with E-state index in [4.69, 9.17) is 0 Å². The van der Waals surface area contributed by atoms with Crippen molar-refractivity contribution < 1.29 is 5.11 Å². The molecule has 3 unspecified atom stereocenters. The second-order valence-electron chi connectivity index (χ2n) is 7.31. The molecule has 20 heavy (non-hydrogen) atoms. The molecule has 1 aliphatic rings. The van der Waals surface area contributed by atoms with Crippen LogP contribution in [0.25, 0.3) is 0 Å². The van der Waals surface area contributed by atoms with Crippen molar-refractivity contribution in [1.82, 2.24) is 5.32 Å². The summed E-state index contributed by atoms with van der Waals surface area (Å²) < 4.78 is 0. The number of para-hydroxylation sites is 1. The van der Waals surface area contributed by atoms with E-state index in [1.54, 1.807) is 6.07 Å². The van der Waals surface area contributed by atoms with Crippen LogP contribution in [0, 0.1) is 11.3 Å². The summed E-state index contributed by atoms with van der Waals surface area (Å²) in [5.74, 6) is 1.11. The molecule has 1 fully saturated rings. The first-order valence-corrected chi connectivity index (χ1v) is 7.93. The Morgan fingerprint density at radius 2 is 1.80 bits per heavy atom. The zero-order chi connectivity index (χ0) is 14.8. The third-order valence-corrected chi connectivity index (χ3v) is 4.75. The first kappa shape index (κ1) is 15.4. The van der Waals surface area contributed by atoms with E-state index >= 15 is 0 Å². The Balaban J connectivity index is 2.09. The Kier molecular flexibility index (Phi) is 4.74. The monoisotopic (exact) mass is 275 g/mol. The lowest BCUT2D eigenvalue weighted by Gasteiger charge is -2.42. The minimum Gasteiger partial charge on any atom is -0.508 e. The van der Waals surface area contributed by atoms with Crippen molar-refractivity contribution in [3.8, 4) is 5.75 Å². The van der Waals surface area contributed by atoms with E-state index in [9.17, 15) is 5.11 Å². The van der Waals surface area contributed by atoms with Crippen LogP contribution in [0.2, 0.25) is 0 Å². The van der Waals surface area contributed by atoms with Crippen molar-refractivity contribution in [1.29, 1.82) is 0 Å². The molecule has 0 bridgehead atoms. The van der Waals surface area contributed by atoms with Crippen LogP contribution < -0.4 is 5.32 Å². The van der Waals surface area contributed by atoms with E-state index in [-0.39, 0.29) is 6.04 Å². The van der Waals surface area contributed by atoms with Crippen LogP contribution in [-0.2, 0) is 0 Å². The summed E-state index contributed by atoms with van der Waals surface area (Å²) >= 11 is 0. The summed E-state index contributed by atoms with van der Waals surface area (Å²) in [6.07, 6.45) is 5.23. The van der Waals surface area contributed by atoms with Gasteiger partial charge in [-0.2, -0.15) is 0 Å². The van der Waals surface area contributed by atoms with Crippen molar-refractivity contribution in [3.63, 3.8) is 0 Å². The molecule has 112 valence electrons. The van der Waals surface area contributed by atoms with Gasteiger partial charge in [0.15, 0.2) is 0 Å². The van der Waals surface area contributed by atoms with Gasteiger partial charge in [0.2, 0.25) is 0 Å². The number of aromatic hydroxyl groups is 1. The minimum absolute atomic E-state index is 0.198. The molecule has 0 saturated heterocycles. The molecular weight excluding hydrogens is 246 g/mol. The van der Waals surface area contributed by atoms with Crippen LogP contribution in [0.5, 0.6) is 5.75 Å². The van der Waals surface area contributed by atoms with Gasteiger partial charge in [-0.25, -0.2) is 0 Å². The fraction of sp³-hybridized carbons (Fsp3) is 0.667. The highest BCUT2D eigenvalue weighted by molar-refractivity contribution is 5.34. The Labute approximate surface area is 123 Å². The summed E-state index contributed by atoms with van der Waals surface area (Å²) in [7, 11) is 0. The van der Waals surface area contributed by atoms with E-state index in [2.05, 4.69) is 33.0 Å². The highest BCUT2D eigenvalue weighted by Crippen LogP contribution is 2.39. The van der Waals surface area contributed by atoms with Crippen molar-refractivity contribution in [2.75, 3.05) is 0 Å². The minimum atomic E-state index is 0.198. The van der Waals surface area contributed by atoms with Crippen LogP contribution in [-0.4, -0.2) is 11.1 Å². The molecule has 3 atom stereocenters. The molecule has 0 heterocycles. The number of phenols is 1. The molecule has 2 rings (SSSR count). The number of hydrogen-bond donors (Lipinski definition) is 2. The normalized spacial score (nSPS) is 25.4.